The van der Waals surface area contributed by atoms with E-state index in [9.17, 15) is 4.79 Å². The van der Waals surface area contributed by atoms with Crippen LogP contribution in [0.15, 0.2) is 53.8 Å². The molecule has 1 aliphatic heterocycles. The molecule has 2 aromatic heterocycles. The zero-order valence-electron chi connectivity index (χ0n) is 16.5. The van der Waals surface area contributed by atoms with Crippen LogP contribution in [0.5, 0.6) is 11.5 Å². The van der Waals surface area contributed by atoms with Crippen LogP contribution in [0.4, 0.5) is 5.69 Å². The second-order valence-electron chi connectivity index (χ2n) is 7.56. The molecule has 156 valence electrons. The number of aromatic amines is 1. The summed E-state index contributed by atoms with van der Waals surface area (Å²) in [7, 11) is 0. The highest BCUT2D eigenvalue weighted by Crippen LogP contribution is 2.42. The van der Waals surface area contributed by atoms with E-state index in [1.54, 1.807) is 18.2 Å². The van der Waals surface area contributed by atoms with Gasteiger partial charge in [-0.2, -0.15) is 0 Å². The average molecular weight is 433 g/mol. The van der Waals surface area contributed by atoms with Gasteiger partial charge < -0.3 is 19.8 Å². The second kappa shape index (κ2) is 7.35. The van der Waals surface area contributed by atoms with E-state index in [0.717, 1.165) is 40.3 Å². The standard InChI is InChI=1S/C22H19N5O3S/c28-20(24-13-5-8-18-19(9-13)30-12-29-18)11-31-22-26-25-21(27(22)14-6-7-14)16-10-23-17-4-2-1-3-15(16)17/h1-5,8-10,14,23H,6-7,11-12H2,(H,24,28). The van der Waals surface area contributed by atoms with Crippen LogP contribution < -0.4 is 14.8 Å². The zero-order chi connectivity index (χ0) is 20.8. The molecule has 2 aliphatic rings. The SMILES string of the molecule is O=C(CSc1nnc(-c2c[nH]c3ccccc23)n1C1CC1)Nc1ccc2c(c1)OCO2. The van der Waals surface area contributed by atoms with Crippen LogP contribution in [0.25, 0.3) is 22.3 Å². The number of anilines is 1. The van der Waals surface area contributed by atoms with Crippen molar-refractivity contribution in [2.75, 3.05) is 17.9 Å². The van der Waals surface area contributed by atoms with Gasteiger partial charge in [0.1, 0.15) is 0 Å². The lowest BCUT2D eigenvalue weighted by atomic mass is 10.1. The van der Waals surface area contributed by atoms with Crippen LogP contribution >= 0.6 is 11.8 Å². The van der Waals surface area contributed by atoms with Gasteiger partial charge in [0.2, 0.25) is 12.7 Å². The Morgan fingerprint density at radius 2 is 2.03 bits per heavy atom. The number of ether oxygens (including phenoxy) is 2. The fourth-order valence-corrected chi connectivity index (χ4v) is 4.58. The first-order valence-corrected chi connectivity index (χ1v) is 11.1. The molecule has 8 nitrogen and oxygen atoms in total. The highest BCUT2D eigenvalue weighted by atomic mass is 32.2. The molecule has 0 spiro atoms. The summed E-state index contributed by atoms with van der Waals surface area (Å²) in [6.45, 7) is 0.207. The Morgan fingerprint density at radius 1 is 1.16 bits per heavy atom. The van der Waals surface area contributed by atoms with Crippen LogP contribution in [0, 0.1) is 0 Å². The maximum Gasteiger partial charge on any atom is 0.234 e. The van der Waals surface area contributed by atoms with E-state index in [0.29, 0.717) is 23.2 Å². The number of amides is 1. The van der Waals surface area contributed by atoms with E-state index < -0.39 is 0 Å². The third-order valence-electron chi connectivity index (χ3n) is 5.40. The zero-order valence-corrected chi connectivity index (χ0v) is 17.3. The first kappa shape index (κ1) is 18.3. The summed E-state index contributed by atoms with van der Waals surface area (Å²) in [5.74, 6) is 2.31. The molecule has 0 unspecified atom stereocenters. The molecule has 31 heavy (non-hydrogen) atoms. The maximum atomic E-state index is 12.5. The van der Waals surface area contributed by atoms with E-state index >= 15 is 0 Å². The molecule has 9 heteroatoms. The molecule has 1 amide bonds. The Balaban J connectivity index is 1.20. The van der Waals surface area contributed by atoms with Crippen molar-refractivity contribution in [3.8, 4) is 22.9 Å². The Morgan fingerprint density at radius 3 is 2.94 bits per heavy atom. The summed E-state index contributed by atoms with van der Waals surface area (Å²) in [6, 6.07) is 13.9. The Labute approximate surface area is 182 Å². The number of thioether (sulfide) groups is 1. The highest BCUT2D eigenvalue weighted by Gasteiger charge is 2.31. The minimum atomic E-state index is -0.108. The molecular weight excluding hydrogens is 414 g/mol. The third-order valence-corrected chi connectivity index (χ3v) is 6.34. The molecule has 2 N–H and O–H groups in total. The van der Waals surface area contributed by atoms with E-state index in [4.69, 9.17) is 9.47 Å². The number of carbonyl (C=O) groups is 1. The summed E-state index contributed by atoms with van der Waals surface area (Å²) in [5.41, 5.74) is 2.78. The molecule has 1 saturated carbocycles. The van der Waals surface area contributed by atoms with Crippen molar-refractivity contribution in [2.45, 2.75) is 24.0 Å². The number of rotatable bonds is 6. The number of H-pyrrole nitrogens is 1. The van der Waals surface area contributed by atoms with Crippen LogP contribution in [0.2, 0.25) is 0 Å². The van der Waals surface area contributed by atoms with Gasteiger partial charge in [-0.25, -0.2) is 0 Å². The van der Waals surface area contributed by atoms with E-state index in [-0.39, 0.29) is 18.5 Å². The van der Waals surface area contributed by atoms with Crippen LogP contribution in [0.1, 0.15) is 18.9 Å². The van der Waals surface area contributed by atoms with Crippen molar-refractivity contribution in [2.24, 2.45) is 0 Å². The molecule has 4 aromatic rings. The molecule has 2 aromatic carbocycles. The summed E-state index contributed by atoms with van der Waals surface area (Å²) >= 11 is 1.40. The predicted octanol–water partition coefficient (Wildman–Crippen LogP) is 4.22. The number of aromatic nitrogens is 4. The second-order valence-corrected chi connectivity index (χ2v) is 8.50. The summed E-state index contributed by atoms with van der Waals surface area (Å²) < 4.78 is 12.8. The summed E-state index contributed by atoms with van der Waals surface area (Å²) in [4.78, 5) is 15.8. The molecule has 6 rings (SSSR count). The van der Waals surface area contributed by atoms with Crippen molar-refractivity contribution in [3.63, 3.8) is 0 Å². The van der Waals surface area contributed by atoms with Gasteiger partial charge in [-0.1, -0.05) is 30.0 Å². The van der Waals surface area contributed by atoms with Crippen molar-refractivity contribution in [1.29, 1.82) is 0 Å². The number of benzene rings is 2. The number of fused-ring (bicyclic) bond motifs is 2. The first-order chi connectivity index (χ1) is 15.3. The minimum Gasteiger partial charge on any atom is -0.454 e. The van der Waals surface area contributed by atoms with Gasteiger partial charge in [-0.15, -0.1) is 10.2 Å². The number of para-hydroxylation sites is 1. The van der Waals surface area contributed by atoms with Crippen molar-refractivity contribution < 1.29 is 14.3 Å². The Hall–Kier alpha value is -3.46. The quantitative estimate of drug-likeness (QED) is 0.442. The number of nitrogens with zero attached hydrogens (tertiary/aromatic N) is 3. The van der Waals surface area contributed by atoms with Crippen molar-refractivity contribution in [1.82, 2.24) is 19.7 Å². The normalized spacial score (nSPS) is 14.8. The average Bonchev–Trinajstić information content (AvgIpc) is 3.19. The fourth-order valence-electron chi connectivity index (χ4n) is 3.78. The van der Waals surface area contributed by atoms with Crippen molar-refractivity contribution >= 4 is 34.3 Å². The highest BCUT2D eigenvalue weighted by molar-refractivity contribution is 7.99. The molecular formula is C22H19N5O3S. The number of carbonyl (C=O) groups excluding carboxylic acids is 1. The molecule has 3 heterocycles. The minimum absolute atomic E-state index is 0.108. The van der Waals surface area contributed by atoms with Gasteiger partial charge in [0, 0.05) is 40.5 Å². The summed E-state index contributed by atoms with van der Waals surface area (Å²) in [6.07, 6.45) is 4.18. The van der Waals surface area contributed by atoms with Crippen LogP contribution in [-0.4, -0.2) is 38.2 Å². The number of nitrogens with one attached hydrogen (secondary N) is 2. The maximum absolute atomic E-state index is 12.5. The number of hydrogen-bond acceptors (Lipinski definition) is 6. The molecule has 0 saturated heterocycles. The fraction of sp³-hybridized carbons (Fsp3) is 0.227. The third kappa shape index (κ3) is 3.40. The van der Waals surface area contributed by atoms with E-state index in [1.807, 2.05) is 24.4 Å². The van der Waals surface area contributed by atoms with Gasteiger partial charge >= 0.3 is 0 Å². The lowest BCUT2D eigenvalue weighted by molar-refractivity contribution is -0.113. The Bertz CT molecular complexity index is 1290. The van der Waals surface area contributed by atoms with Gasteiger partial charge in [0.05, 0.1) is 5.75 Å². The molecule has 0 atom stereocenters. The van der Waals surface area contributed by atoms with Gasteiger partial charge in [0.25, 0.3) is 0 Å². The molecule has 1 fully saturated rings. The van der Waals surface area contributed by atoms with Gasteiger partial charge in [-0.05, 0) is 31.0 Å². The van der Waals surface area contributed by atoms with Crippen molar-refractivity contribution in [3.05, 3.63) is 48.7 Å². The topological polar surface area (TPSA) is 94.1 Å². The smallest absolute Gasteiger partial charge is 0.234 e. The summed E-state index contributed by atoms with van der Waals surface area (Å²) in [5, 5.41) is 13.7. The van der Waals surface area contributed by atoms with E-state index in [1.165, 1.54) is 11.8 Å². The molecule has 0 radical (unpaired) electrons. The lowest BCUT2D eigenvalue weighted by Gasteiger charge is -2.09. The molecule has 1 aliphatic carbocycles. The lowest BCUT2D eigenvalue weighted by Crippen LogP contribution is -2.14. The predicted molar refractivity (Wildman–Crippen MR) is 118 cm³/mol. The first-order valence-electron chi connectivity index (χ1n) is 10.1. The Kier molecular flexibility index (Phi) is 4.34. The monoisotopic (exact) mass is 433 g/mol. The largest absolute Gasteiger partial charge is 0.454 e. The van der Waals surface area contributed by atoms with Crippen LogP contribution in [0.3, 0.4) is 0 Å². The van der Waals surface area contributed by atoms with Gasteiger partial charge in [-0.3, -0.25) is 9.36 Å². The number of hydrogen-bond donors (Lipinski definition) is 2. The molecule has 0 bridgehead atoms. The van der Waals surface area contributed by atoms with E-state index in [2.05, 4.69) is 31.1 Å². The van der Waals surface area contributed by atoms with Crippen LogP contribution in [-0.2, 0) is 4.79 Å². The van der Waals surface area contributed by atoms with Gasteiger partial charge in [0.15, 0.2) is 22.5 Å².